The highest BCUT2D eigenvalue weighted by Gasteiger charge is 2.47. The largest absolute Gasteiger partial charge is 0.494 e. The van der Waals surface area contributed by atoms with Crippen LogP contribution in [0.15, 0.2) is 48.8 Å². The van der Waals surface area contributed by atoms with Crippen LogP contribution < -0.4 is 10.5 Å². The molecule has 10 heteroatoms. The fraction of sp³-hybridized carbons (Fsp3) is 0.419. The van der Waals surface area contributed by atoms with Crippen LogP contribution >= 0.6 is 0 Å². The number of aryl methyl sites for hydroxylation is 1. The highest BCUT2D eigenvalue weighted by molar-refractivity contribution is 6.00. The van der Waals surface area contributed by atoms with Gasteiger partial charge in [-0.3, -0.25) is 9.48 Å². The Morgan fingerprint density at radius 1 is 1.10 bits per heavy atom. The molecule has 2 bridgehead atoms. The molecule has 3 unspecified atom stereocenters. The minimum atomic E-state index is 0.00244. The number of benzene rings is 1. The zero-order chi connectivity index (χ0) is 27.8. The number of imidazole rings is 1. The van der Waals surface area contributed by atoms with Gasteiger partial charge in [-0.1, -0.05) is 0 Å². The Labute approximate surface area is 237 Å². The number of ether oxygens (including phenoxy) is 1. The van der Waals surface area contributed by atoms with Gasteiger partial charge in [0.15, 0.2) is 5.82 Å². The number of rotatable bonds is 7. The Bertz CT molecular complexity index is 1810. The van der Waals surface area contributed by atoms with Gasteiger partial charge in [0.1, 0.15) is 16.9 Å². The summed E-state index contributed by atoms with van der Waals surface area (Å²) in [5.41, 5.74) is 11.6. The zero-order valence-corrected chi connectivity index (χ0v) is 23.4. The average molecular weight is 551 g/mol. The number of amides is 1. The predicted octanol–water partition coefficient (Wildman–Crippen LogP) is 3.82. The highest BCUT2D eigenvalue weighted by atomic mass is 16.5. The molecule has 1 aromatic carbocycles. The van der Waals surface area contributed by atoms with Crippen LogP contribution in [0.2, 0.25) is 0 Å². The van der Waals surface area contributed by atoms with Crippen molar-refractivity contribution in [3.05, 3.63) is 60.0 Å². The topological polar surface area (TPSA) is 109 Å². The number of methoxy groups -OCH3 is 1. The van der Waals surface area contributed by atoms with Crippen molar-refractivity contribution >= 4 is 28.0 Å². The fourth-order valence-corrected chi connectivity index (χ4v) is 7.04. The third-order valence-electron chi connectivity index (χ3n) is 9.45. The van der Waals surface area contributed by atoms with E-state index in [4.69, 9.17) is 20.4 Å². The number of likely N-dealkylation sites (tertiary alicyclic amines) is 1. The van der Waals surface area contributed by atoms with Gasteiger partial charge in [0, 0.05) is 55.6 Å². The van der Waals surface area contributed by atoms with E-state index in [0.717, 1.165) is 65.2 Å². The van der Waals surface area contributed by atoms with Crippen LogP contribution in [0.5, 0.6) is 5.75 Å². The Morgan fingerprint density at radius 2 is 1.98 bits per heavy atom. The molecule has 210 valence electrons. The SMILES string of the molecule is COc1cc(C(=O)N2CC3CCC2C3N)cc2nc(-c3cc4cccnc4n3CC3CC3)n(Cc3ccnn3C)c12. The van der Waals surface area contributed by atoms with Crippen molar-refractivity contribution in [1.29, 1.82) is 0 Å². The van der Waals surface area contributed by atoms with Gasteiger partial charge in [0.2, 0.25) is 0 Å². The predicted molar refractivity (Wildman–Crippen MR) is 156 cm³/mol. The maximum atomic E-state index is 13.8. The van der Waals surface area contributed by atoms with Crippen LogP contribution in [-0.4, -0.2) is 65.4 Å². The number of carbonyl (C=O) groups excluding carboxylic acids is 1. The Balaban J connectivity index is 1.32. The molecule has 1 saturated heterocycles. The summed E-state index contributed by atoms with van der Waals surface area (Å²) in [5, 5.41) is 5.49. The summed E-state index contributed by atoms with van der Waals surface area (Å²) in [6, 6.07) is 12.3. The summed E-state index contributed by atoms with van der Waals surface area (Å²) >= 11 is 0. The van der Waals surface area contributed by atoms with Gasteiger partial charge in [-0.15, -0.1) is 0 Å². The van der Waals surface area contributed by atoms with E-state index >= 15 is 0 Å². The van der Waals surface area contributed by atoms with Gasteiger partial charge < -0.3 is 24.5 Å². The van der Waals surface area contributed by atoms with Gasteiger partial charge in [-0.05, 0) is 73.9 Å². The number of aromatic nitrogens is 6. The number of fused-ring (bicyclic) bond motifs is 4. The first-order valence-corrected chi connectivity index (χ1v) is 14.6. The molecule has 3 aliphatic rings. The van der Waals surface area contributed by atoms with Crippen LogP contribution in [-0.2, 0) is 20.1 Å². The highest BCUT2D eigenvalue weighted by Crippen LogP contribution is 2.40. The molecule has 5 aromatic rings. The lowest BCUT2D eigenvalue weighted by Gasteiger charge is -2.27. The zero-order valence-electron chi connectivity index (χ0n) is 23.4. The molecule has 4 aromatic heterocycles. The second-order valence-electron chi connectivity index (χ2n) is 12.0. The van der Waals surface area contributed by atoms with Crippen LogP contribution in [0.25, 0.3) is 33.6 Å². The molecule has 5 heterocycles. The summed E-state index contributed by atoms with van der Waals surface area (Å²) < 4.78 is 12.4. The molecule has 1 amide bonds. The first-order valence-electron chi connectivity index (χ1n) is 14.6. The Kier molecular flexibility index (Phi) is 5.50. The number of hydrogen-bond acceptors (Lipinski definition) is 6. The van der Waals surface area contributed by atoms with Crippen molar-refractivity contribution in [2.45, 2.75) is 50.9 Å². The van der Waals surface area contributed by atoms with Gasteiger partial charge in [-0.25, -0.2) is 9.97 Å². The lowest BCUT2D eigenvalue weighted by Crippen LogP contribution is -2.41. The number of nitrogens with zero attached hydrogens (tertiary/aromatic N) is 7. The average Bonchev–Trinajstić information content (AvgIpc) is 3.24. The van der Waals surface area contributed by atoms with E-state index in [1.807, 2.05) is 53.3 Å². The number of piperidine rings is 1. The molecule has 1 aliphatic heterocycles. The molecule has 0 spiro atoms. The van der Waals surface area contributed by atoms with Gasteiger partial charge >= 0.3 is 0 Å². The third-order valence-corrected chi connectivity index (χ3v) is 9.45. The molecule has 2 N–H and O–H groups in total. The molecule has 3 fully saturated rings. The summed E-state index contributed by atoms with van der Waals surface area (Å²) in [6.07, 6.45) is 8.21. The smallest absolute Gasteiger partial charge is 0.254 e. The summed E-state index contributed by atoms with van der Waals surface area (Å²) in [7, 11) is 3.61. The normalized spacial score (nSPS) is 21.9. The number of pyridine rings is 1. The van der Waals surface area contributed by atoms with E-state index in [9.17, 15) is 4.79 Å². The van der Waals surface area contributed by atoms with Crippen molar-refractivity contribution in [1.82, 2.24) is 33.8 Å². The number of nitrogens with two attached hydrogens (primary N) is 1. The number of carbonyl (C=O) groups is 1. The molecule has 41 heavy (non-hydrogen) atoms. The van der Waals surface area contributed by atoms with Gasteiger partial charge in [0.25, 0.3) is 5.91 Å². The fourth-order valence-electron chi connectivity index (χ4n) is 7.04. The summed E-state index contributed by atoms with van der Waals surface area (Å²) in [6.45, 7) is 2.18. The first kappa shape index (κ1) is 24.6. The standard InChI is InChI=1S/C31H34N8O2/c1-36-22(9-11-34-36)17-39-28-23(12-21(14-26(28)41-2)31(40)38-16-20-7-8-24(38)27(20)32)35-30(39)25-13-19-4-3-10-33-29(19)37(25)15-18-5-6-18/h3-4,9-14,18,20,24,27H,5-8,15-17,32H2,1-2H3. The first-order chi connectivity index (χ1) is 20.0. The Morgan fingerprint density at radius 3 is 2.68 bits per heavy atom. The van der Waals surface area contributed by atoms with E-state index in [-0.39, 0.29) is 18.0 Å². The maximum absolute atomic E-state index is 13.8. The second kappa shape index (κ2) is 9.17. The van der Waals surface area contributed by atoms with Crippen molar-refractivity contribution < 1.29 is 9.53 Å². The molecule has 10 nitrogen and oxygen atoms in total. The second-order valence-corrected chi connectivity index (χ2v) is 12.0. The van der Waals surface area contributed by atoms with Crippen LogP contribution in [0.3, 0.4) is 0 Å². The van der Waals surface area contributed by atoms with Crippen molar-refractivity contribution in [3.8, 4) is 17.3 Å². The van der Waals surface area contributed by atoms with E-state index in [0.29, 0.717) is 29.7 Å². The quantitative estimate of drug-likeness (QED) is 0.330. The van der Waals surface area contributed by atoms with E-state index in [1.54, 1.807) is 7.11 Å². The Hall–Kier alpha value is -4.18. The monoisotopic (exact) mass is 550 g/mol. The van der Waals surface area contributed by atoms with Crippen molar-refractivity contribution in [2.24, 2.45) is 24.6 Å². The molecule has 3 atom stereocenters. The minimum Gasteiger partial charge on any atom is -0.494 e. The summed E-state index contributed by atoms with van der Waals surface area (Å²) in [5.74, 6) is 2.50. The van der Waals surface area contributed by atoms with Crippen molar-refractivity contribution in [2.75, 3.05) is 13.7 Å². The summed E-state index contributed by atoms with van der Waals surface area (Å²) in [4.78, 5) is 25.8. The van der Waals surface area contributed by atoms with Crippen LogP contribution in [0.4, 0.5) is 0 Å². The van der Waals surface area contributed by atoms with Crippen LogP contribution in [0.1, 0.15) is 41.7 Å². The molecule has 0 radical (unpaired) electrons. The molecular formula is C31H34N8O2. The van der Waals surface area contributed by atoms with Crippen LogP contribution in [0, 0.1) is 11.8 Å². The van der Waals surface area contributed by atoms with E-state index in [1.165, 1.54) is 12.8 Å². The van der Waals surface area contributed by atoms with Gasteiger partial charge in [0.05, 0.1) is 30.6 Å². The lowest BCUT2D eigenvalue weighted by molar-refractivity contribution is 0.0700. The molecule has 2 saturated carbocycles. The van der Waals surface area contributed by atoms with E-state index in [2.05, 4.69) is 26.4 Å². The molecule has 2 aliphatic carbocycles. The number of hydrogen-bond donors (Lipinski definition) is 1. The third kappa shape index (κ3) is 3.88. The molecule has 8 rings (SSSR count). The minimum absolute atomic E-state index is 0.00244. The lowest BCUT2D eigenvalue weighted by atomic mass is 10.1. The van der Waals surface area contributed by atoms with Gasteiger partial charge in [-0.2, -0.15) is 5.10 Å². The van der Waals surface area contributed by atoms with E-state index < -0.39 is 0 Å². The molecular weight excluding hydrogens is 516 g/mol. The maximum Gasteiger partial charge on any atom is 0.254 e. The van der Waals surface area contributed by atoms with Crippen molar-refractivity contribution in [3.63, 3.8) is 0 Å².